The Bertz CT molecular complexity index is 909. The number of nitrogens with one attached hydrogen (secondary N) is 2. The summed E-state index contributed by atoms with van der Waals surface area (Å²) in [7, 11) is 4.21. The lowest BCUT2D eigenvalue weighted by Crippen LogP contribution is -2.27. The number of imidazole rings is 3. The van der Waals surface area contributed by atoms with Crippen LogP contribution in [0.15, 0.2) is 31.0 Å². The lowest BCUT2D eigenvalue weighted by Gasteiger charge is -2.21. The van der Waals surface area contributed by atoms with E-state index >= 15 is 0 Å². The molecule has 0 fully saturated rings. The van der Waals surface area contributed by atoms with E-state index in [0.717, 1.165) is 55.9 Å². The van der Waals surface area contributed by atoms with Crippen LogP contribution in [0.3, 0.4) is 0 Å². The molecule has 9 heteroatoms. The molecule has 188 valence electrons. The molecule has 0 aromatic carbocycles. The second-order valence-corrected chi connectivity index (χ2v) is 9.28. The van der Waals surface area contributed by atoms with Crippen LogP contribution in [0.5, 0.6) is 0 Å². The van der Waals surface area contributed by atoms with Crippen molar-refractivity contribution in [2.45, 2.75) is 65.7 Å². The first-order valence-electron chi connectivity index (χ1n) is 12.7. The van der Waals surface area contributed by atoms with E-state index < -0.39 is 0 Å². The number of unbranched alkanes of at least 4 members (excludes halogenated alkanes) is 1. The maximum absolute atomic E-state index is 4.65. The minimum atomic E-state index is 0.723. The molecule has 0 unspecified atom stereocenters. The third-order valence-corrected chi connectivity index (χ3v) is 6.05. The van der Waals surface area contributed by atoms with Crippen molar-refractivity contribution in [3.8, 4) is 0 Å². The highest BCUT2D eigenvalue weighted by molar-refractivity contribution is 5.03. The normalized spacial score (nSPS) is 12.0. The molecule has 2 N–H and O–H groups in total. The highest BCUT2D eigenvalue weighted by Crippen LogP contribution is 2.11. The molecule has 0 atom stereocenters. The summed E-state index contributed by atoms with van der Waals surface area (Å²) in [5.41, 5.74) is 1.11. The SMILES string of the molecule is CCCN(CCC)CCCCN(C)Cc1ncc(CN(Cc2ncc[nH]2)Cc2nccn2C)[nH]1. The van der Waals surface area contributed by atoms with Gasteiger partial charge in [0, 0.05) is 50.3 Å². The summed E-state index contributed by atoms with van der Waals surface area (Å²) in [6.45, 7) is 12.3. The Hall–Kier alpha value is -2.49. The number of aromatic amines is 2. The van der Waals surface area contributed by atoms with E-state index in [1.807, 2.05) is 31.8 Å². The van der Waals surface area contributed by atoms with Crippen molar-refractivity contribution in [2.75, 3.05) is 33.2 Å². The van der Waals surface area contributed by atoms with Crippen LogP contribution in [0.2, 0.25) is 0 Å². The fourth-order valence-electron chi connectivity index (χ4n) is 4.34. The maximum atomic E-state index is 4.65. The molecule has 3 aromatic rings. The number of aromatic nitrogens is 6. The van der Waals surface area contributed by atoms with Gasteiger partial charge in [0.15, 0.2) is 0 Å². The van der Waals surface area contributed by atoms with Gasteiger partial charge in [0.05, 0.1) is 19.6 Å². The van der Waals surface area contributed by atoms with Crippen molar-refractivity contribution < 1.29 is 0 Å². The van der Waals surface area contributed by atoms with Crippen molar-refractivity contribution >= 4 is 0 Å². The van der Waals surface area contributed by atoms with Gasteiger partial charge in [-0.2, -0.15) is 0 Å². The van der Waals surface area contributed by atoms with Gasteiger partial charge >= 0.3 is 0 Å². The molecule has 0 radical (unpaired) electrons. The van der Waals surface area contributed by atoms with Crippen molar-refractivity contribution in [3.05, 3.63) is 54.2 Å². The Labute approximate surface area is 204 Å². The largest absolute Gasteiger partial charge is 0.348 e. The van der Waals surface area contributed by atoms with Gasteiger partial charge in [-0.25, -0.2) is 15.0 Å². The van der Waals surface area contributed by atoms with E-state index in [0.29, 0.717) is 0 Å². The zero-order valence-corrected chi connectivity index (χ0v) is 21.5. The first-order valence-corrected chi connectivity index (χ1v) is 12.7. The lowest BCUT2D eigenvalue weighted by molar-refractivity contribution is 0.230. The van der Waals surface area contributed by atoms with Gasteiger partial charge < -0.3 is 19.4 Å². The van der Waals surface area contributed by atoms with Crippen LogP contribution in [0.4, 0.5) is 0 Å². The summed E-state index contributed by atoms with van der Waals surface area (Å²) >= 11 is 0. The van der Waals surface area contributed by atoms with Crippen molar-refractivity contribution in [2.24, 2.45) is 7.05 Å². The first-order chi connectivity index (χ1) is 16.6. The van der Waals surface area contributed by atoms with Gasteiger partial charge in [0.25, 0.3) is 0 Å². The molecule has 0 amide bonds. The molecule has 0 spiro atoms. The molecule has 0 aliphatic rings. The van der Waals surface area contributed by atoms with Crippen molar-refractivity contribution in [3.63, 3.8) is 0 Å². The van der Waals surface area contributed by atoms with Crippen LogP contribution in [-0.4, -0.2) is 77.4 Å². The van der Waals surface area contributed by atoms with E-state index in [9.17, 15) is 0 Å². The van der Waals surface area contributed by atoms with Crippen LogP contribution in [0.1, 0.15) is 62.7 Å². The minimum Gasteiger partial charge on any atom is -0.348 e. The number of nitrogens with zero attached hydrogens (tertiary/aromatic N) is 7. The molecule has 0 saturated heterocycles. The maximum Gasteiger partial charge on any atom is 0.122 e. The quantitative estimate of drug-likeness (QED) is 0.295. The number of hydrogen-bond donors (Lipinski definition) is 2. The van der Waals surface area contributed by atoms with Crippen LogP contribution in [0.25, 0.3) is 0 Å². The second-order valence-electron chi connectivity index (χ2n) is 9.28. The Kier molecular flexibility index (Phi) is 10.8. The minimum absolute atomic E-state index is 0.723. The van der Waals surface area contributed by atoms with E-state index in [1.54, 1.807) is 6.20 Å². The summed E-state index contributed by atoms with van der Waals surface area (Å²) < 4.78 is 2.06. The van der Waals surface area contributed by atoms with E-state index in [-0.39, 0.29) is 0 Å². The Balaban J connectivity index is 1.47. The van der Waals surface area contributed by atoms with Crippen LogP contribution in [-0.2, 0) is 33.2 Å². The fraction of sp³-hybridized carbons (Fsp3) is 0.640. The number of rotatable bonds is 17. The average molecular weight is 470 g/mol. The predicted octanol–water partition coefficient (Wildman–Crippen LogP) is 3.40. The standard InChI is InChI=1S/C25H43N9/c1-5-12-33(13-6-2)15-8-7-14-31(3)19-24-29-17-22(30-24)18-34(20-23-26-9-10-27-23)21-25-28-11-16-32(25)4/h9-11,16-17H,5-8,12-15,18-21H2,1-4H3,(H,26,27)(H,29,30). The smallest absolute Gasteiger partial charge is 0.122 e. The molecule has 3 aromatic heterocycles. The summed E-state index contributed by atoms with van der Waals surface area (Å²) in [6.07, 6.45) is 14.4. The Morgan fingerprint density at radius 1 is 0.824 bits per heavy atom. The van der Waals surface area contributed by atoms with Crippen LogP contribution < -0.4 is 0 Å². The molecule has 0 bridgehead atoms. The summed E-state index contributed by atoms with van der Waals surface area (Å²) in [5.74, 6) is 3.00. The molecular formula is C25H43N9. The van der Waals surface area contributed by atoms with Crippen molar-refractivity contribution in [1.29, 1.82) is 0 Å². The fourth-order valence-corrected chi connectivity index (χ4v) is 4.34. The molecule has 34 heavy (non-hydrogen) atoms. The van der Waals surface area contributed by atoms with Crippen LogP contribution in [0, 0.1) is 0 Å². The topological polar surface area (TPSA) is 84.9 Å². The predicted molar refractivity (Wildman–Crippen MR) is 136 cm³/mol. The Morgan fingerprint density at radius 3 is 2.29 bits per heavy atom. The molecule has 0 saturated carbocycles. The van der Waals surface area contributed by atoms with Crippen molar-refractivity contribution in [1.82, 2.24) is 44.2 Å². The second kappa shape index (κ2) is 14.0. The highest BCUT2D eigenvalue weighted by Gasteiger charge is 2.14. The zero-order chi connectivity index (χ0) is 24.2. The third-order valence-electron chi connectivity index (χ3n) is 6.05. The van der Waals surface area contributed by atoms with Gasteiger partial charge in [0.1, 0.15) is 17.5 Å². The Morgan fingerprint density at radius 2 is 1.62 bits per heavy atom. The molecule has 3 heterocycles. The van der Waals surface area contributed by atoms with E-state index in [4.69, 9.17) is 0 Å². The highest BCUT2D eigenvalue weighted by atomic mass is 15.2. The summed E-state index contributed by atoms with van der Waals surface area (Å²) in [6, 6.07) is 0. The molecule has 3 rings (SSSR count). The number of H-pyrrole nitrogens is 2. The van der Waals surface area contributed by atoms with Gasteiger partial charge in [-0.3, -0.25) is 9.80 Å². The number of aryl methyl sites for hydroxylation is 1. The van der Waals surface area contributed by atoms with Gasteiger partial charge in [-0.05, 0) is 58.9 Å². The van der Waals surface area contributed by atoms with Gasteiger partial charge in [-0.15, -0.1) is 0 Å². The molecule has 0 aliphatic heterocycles. The lowest BCUT2D eigenvalue weighted by atomic mass is 10.2. The number of hydrogen-bond acceptors (Lipinski definition) is 6. The summed E-state index contributed by atoms with van der Waals surface area (Å²) in [4.78, 5) is 27.6. The molecule has 9 nitrogen and oxygen atoms in total. The monoisotopic (exact) mass is 469 g/mol. The van der Waals surface area contributed by atoms with E-state index in [1.165, 1.54) is 45.3 Å². The first kappa shape index (κ1) is 26.1. The summed E-state index contributed by atoms with van der Waals surface area (Å²) in [5, 5.41) is 0. The van der Waals surface area contributed by atoms with Gasteiger partial charge in [0.2, 0.25) is 0 Å². The average Bonchev–Trinajstić information content (AvgIpc) is 3.56. The van der Waals surface area contributed by atoms with E-state index in [2.05, 4.69) is 65.1 Å². The molecular weight excluding hydrogens is 426 g/mol. The van der Waals surface area contributed by atoms with Gasteiger partial charge in [-0.1, -0.05) is 13.8 Å². The van der Waals surface area contributed by atoms with Crippen LogP contribution >= 0.6 is 0 Å². The third kappa shape index (κ3) is 8.70. The molecule has 0 aliphatic carbocycles. The zero-order valence-electron chi connectivity index (χ0n) is 21.5.